The van der Waals surface area contributed by atoms with E-state index in [1.54, 1.807) is 20.8 Å². The average Bonchev–Trinajstić information content (AvgIpc) is 2.10. The molecule has 0 heterocycles. The number of nitrogens with zero attached hydrogens (tertiary/aromatic N) is 1. The van der Waals surface area contributed by atoms with Crippen LogP contribution in [0.3, 0.4) is 0 Å². The number of ether oxygens (including phenoxy) is 1. The minimum absolute atomic E-state index is 0.289. The third-order valence-corrected chi connectivity index (χ3v) is 1.35. The average molecular weight is 219 g/mol. The van der Waals surface area contributed by atoms with Gasteiger partial charge in [0.2, 0.25) is 0 Å². The Kier molecular flexibility index (Phi) is 4.86. The summed E-state index contributed by atoms with van der Waals surface area (Å²) in [5, 5.41) is 22.1. The minimum atomic E-state index is -0.954. The quantitative estimate of drug-likeness (QED) is 0.223. The highest BCUT2D eigenvalue weighted by molar-refractivity contribution is 5.88. The zero-order valence-electron chi connectivity index (χ0n) is 9.02. The Morgan fingerprint density at radius 2 is 2.13 bits per heavy atom. The van der Waals surface area contributed by atoms with Gasteiger partial charge in [-0.2, -0.15) is 0 Å². The van der Waals surface area contributed by atoms with Crippen molar-refractivity contribution in [3.05, 3.63) is 0 Å². The van der Waals surface area contributed by atoms with E-state index in [0.717, 1.165) is 0 Å². The number of rotatable bonds is 3. The van der Waals surface area contributed by atoms with Crippen molar-refractivity contribution in [2.45, 2.75) is 32.4 Å². The molecular weight excluding hydrogens is 202 g/mol. The summed E-state index contributed by atoms with van der Waals surface area (Å²) in [5.74, 6) is -0.289. The molecule has 7 nitrogen and oxygen atoms in total. The van der Waals surface area contributed by atoms with Crippen molar-refractivity contribution in [3.8, 4) is 0 Å². The summed E-state index contributed by atoms with van der Waals surface area (Å²) in [5.41, 5.74) is 4.57. The molecule has 0 aromatic heterocycles. The van der Waals surface area contributed by atoms with Crippen molar-refractivity contribution in [1.82, 2.24) is 5.32 Å². The fraction of sp³-hybridized carbons (Fsp3) is 0.750. The Hall–Kier alpha value is -1.50. The molecule has 0 aliphatic heterocycles. The SMILES string of the molecule is CC(C)(C)OC(=O)NC(CO)/C(N)=N/O. The van der Waals surface area contributed by atoms with Crippen LogP contribution >= 0.6 is 0 Å². The van der Waals surface area contributed by atoms with Crippen molar-refractivity contribution < 1.29 is 19.8 Å². The topological polar surface area (TPSA) is 117 Å². The predicted octanol–water partition coefficient (Wildman–Crippen LogP) is -0.382. The van der Waals surface area contributed by atoms with Crippen molar-refractivity contribution in [2.75, 3.05) is 6.61 Å². The van der Waals surface area contributed by atoms with Crippen molar-refractivity contribution in [3.63, 3.8) is 0 Å². The molecule has 0 aromatic carbocycles. The van der Waals surface area contributed by atoms with Crippen LogP contribution in [0.1, 0.15) is 20.8 Å². The molecule has 0 aliphatic carbocycles. The van der Waals surface area contributed by atoms with Crippen LogP contribution in [-0.4, -0.2) is 40.5 Å². The first-order chi connectivity index (χ1) is 6.80. The van der Waals surface area contributed by atoms with Gasteiger partial charge in [-0.3, -0.25) is 0 Å². The fourth-order valence-electron chi connectivity index (χ4n) is 0.733. The van der Waals surface area contributed by atoms with Gasteiger partial charge in [0.05, 0.1) is 6.61 Å². The zero-order chi connectivity index (χ0) is 12.1. The number of oxime groups is 1. The molecule has 0 saturated heterocycles. The fourth-order valence-corrected chi connectivity index (χ4v) is 0.733. The summed E-state index contributed by atoms with van der Waals surface area (Å²) in [6.45, 7) is 4.62. The summed E-state index contributed by atoms with van der Waals surface area (Å²) in [4.78, 5) is 11.2. The number of amidine groups is 1. The standard InChI is InChI=1S/C8H17N3O4/c1-8(2,3)15-7(13)10-5(4-12)6(9)11-14/h5,12,14H,4H2,1-3H3,(H2,9,11)(H,10,13). The molecule has 7 heteroatoms. The van der Waals surface area contributed by atoms with Crippen LogP contribution in [0.15, 0.2) is 5.16 Å². The van der Waals surface area contributed by atoms with Crippen LogP contribution in [-0.2, 0) is 4.74 Å². The molecule has 0 spiro atoms. The highest BCUT2D eigenvalue weighted by Crippen LogP contribution is 2.06. The second-order valence-electron chi connectivity index (χ2n) is 3.91. The molecule has 0 aliphatic rings. The van der Waals surface area contributed by atoms with Crippen LogP contribution in [0.2, 0.25) is 0 Å². The van der Waals surface area contributed by atoms with E-state index in [4.69, 9.17) is 20.8 Å². The maximum atomic E-state index is 11.2. The molecular formula is C8H17N3O4. The van der Waals surface area contributed by atoms with Crippen molar-refractivity contribution in [1.29, 1.82) is 0 Å². The normalized spacial score (nSPS) is 14.5. The Morgan fingerprint density at radius 3 is 2.47 bits per heavy atom. The molecule has 0 radical (unpaired) electrons. The van der Waals surface area contributed by atoms with Gasteiger partial charge >= 0.3 is 6.09 Å². The van der Waals surface area contributed by atoms with E-state index in [1.807, 2.05) is 0 Å². The van der Waals surface area contributed by atoms with Crippen LogP contribution in [0, 0.1) is 0 Å². The van der Waals surface area contributed by atoms with E-state index in [2.05, 4.69) is 10.5 Å². The van der Waals surface area contributed by atoms with Gasteiger partial charge in [0.15, 0.2) is 5.84 Å². The Balaban J connectivity index is 4.26. The molecule has 0 bridgehead atoms. The number of hydrogen-bond acceptors (Lipinski definition) is 5. The highest BCUT2D eigenvalue weighted by Gasteiger charge is 2.21. The van der Waals surface area contributed by atoms with Crippen LogP contribution in [0.4, 0.5) is 4.79 Å². The number of hydrogen-bond donors (Lipinski definition) is 4. The van der Waals surface area contributed by atoms with Gasteiger partial charge in [-0.05, 0) is 20.8 Å². The lowest BCUT2D eigenvalue weighted by atomic mass is 10.2. The molecule has 15 heavy (non-hydrogen) atoms. The first-order valence-corrected chi connectivity index (χ1v) is 4.38. The maximum absolute atomic E-state index is 11.2. The zero-order valence-corrected chi connectivity index (χ0v) is 9.02. The number of aliphatic hydroxyl groups is 1. The van der Waals surface area contributed by atoms with Gasteiger partial charge in [0.25, 0.3) is 0 Å². The van der Waals surface area contributed by atoms with Crippen molar-refractivity contribution >= 4 is 11.9 Å². The first-order valence-electron chi connectivity index (χ1n) is 4.38. The summed E-state index contributed by atoms with van der Waals surface area (Å²) in [6.07, 6.45) is -0.742. The smallest absolute Gasteiger partial charge is 0.408 e. The van der Waals surface area contributed by atoms with Crippen molar-refractivity contribution in [2.24, 2.45) is 10.9 Å². The number of carbonyl (C=O) groups is 1. The van der Waals surface area contributed by atoms with Crippen LogP contribution in [0.5, 0.6) is 0 Å². The number of alkyl carbamates (subject to hydrolysis) is 1. The number of aliphatic hydroxyl groups excluding tert-OH is 1. The van der Waals surface area contributed by atoms with Crippen LogP contribution in [0.25, 0.3) is 0 Å². The van der Waals surface area contributed by atoms with Gasteiger partial charge in [-0.25, -0.2) is 4.79 Å². The summed E-state index contributed by atoms with van der Waals surface area (Å²) in [6, 6.07) is -0.954. The Bertz CT molecular complexity index is 247. The summed E-state index contributed by atoms with van der Waals surface area (Å²) >= 11 is 0. The van der Waals surface area contributed by atoms with Gasteiger partial charge in [-0.15, -0.1) is 0 Å². The minimum Gasteiger partial charge on any atom is -0.444 e. The van der Waals surface area contributed by atoms with E-state index in [1.165, 1.54) is 0 Å². The molecule has 1 unspecified atom stereocenters. The highest BCUT2D eigenvalue weighted by atomic mass is 16.6. The molecule has 1 amide bonds. The third kappa shape index (κ3) is 5.74. The van der Waals surface area contributed by atoms with E-state index in [9.17, 15) is 4.79 Å². The molecule has 5 N–H and O–H groups in total. The molecule has 0 saturated carbocycles. The van der Waals surface area contributed by atoms with E-state index in [-0.39, 0.29) is 5.84 Å². The lowest BCUT2D eigenvalue weighted by molar-refractivity contribution is 0.0502. The molecule has 0 rings (SSSR count). The number of nitrogens with one attached hydrogen (secondary N) is 1. The number of amides is 1. The lowest BCUT2D eigenvalue weighted by Crippen LogP contribution is -2.48. The second kappa shape index (κ2) is 5.40. The van der Waals surface area contributed by atoms with Gasteiger partial charge in [0, 0.05) is 0 Å². The van der Waals surface area contributed by atoms with E-state index < -0.39 is 24.3 Å². The number of nitrogens with two attached hydrogens (primary N) is 1. The summed E-state index contributed by atoms with van der Waals surface area (Å²) < 4.78 is 4.91. The molecule has 0 fully saturated rings. The monoisotopic (exact) mass is 219 g/mol. The van der Waals surface area contributed by atoms with Gasteiger partial charge in [-0.1, -0.05) is 5.16 Å². The van der Waals surface area contributed by atoms with E-state index >= 15 is 0 Å². The largest absolute Gasteiger partial charge is 0.444 e. The number of carbonyl (C=O) groups excluding carboxylic acids is 1. The van der Waals surface area contributed by atoms with Gasteiger partial charge < -0.3 is 26.1 Å². The second-order valence-corrected chi connectivity index (χ2v) is 3.91. The molecule has 1 atom stereocenters. The predicted molar refractivity (Wildman–Crippen MR) is 53.7 cm³/mol. The third-order valence-electron chi connectivity index (χ3n) is 1.35. The Morgan fingerprint density at radius 1 is 1.60 bits per heavy atom. The van der Waals surface area contributed by atoms with Gasteiger partial charge in [0.1, 0.15) is 11.6 Å². The maximum Gasteiger partial charge on any atom is 0.408 e. The first kappa shape index (κ1) is 13.5. The molecule has 88 valence electrons. The summed E-state index contributed by atoms with van der Waals surface area (Å²) in [7, 11) is 0. The van der Waals surface area contributed by atoms with E-state index in [0.29, 0.717) is 0 Å². The lowest BCUT2D eigenvalue weighted by Gasteiger charge is -2.22. The molecule has 0 aromatic rings. The Labute approximate surface area is 87.9 Å². The van der Waals surface area contributed by atoms with Crippen LogP contribution < -0.4 is 11.1 Å².